The number of carbonyl (C=O) groups is 3. The number of fused-ring (bicyclic) bond motifs is 1. The van der Waals surface area contributed by atoms with Crippen LogP contribution in [0.3, 0.4) is 0 Å². The highest BCUT2D eigenvalue weighted by atomic mass is 19.4. The number of hydrogen-bond donors (Lipinski definition) is 4. The Bertz CT molecular complexity index is 2430. The van der Waals surface area contributed by atoms with Crippen molar-refractivity contribution in [2.45, 2.75) is 96.3 Å². The van der Waals surface area contributed by atoms with Crippen LogP contribution >= 0.6 is 0 Å². The maximum absolute atomic E-state index is 14.7. The van der Waals surface area contributed by atoms with E-state index in [9.17, 15) is 41.1 Å². The highest BCUT2D eigenvalue weighted by molar-refractivity contribution is 5.84. The Morgan fingerprint density at radius 3 is 1.92 bits per heavy atom. The van der Waals surface area contributed by atoms with Crippen molar-refractivity contribution >= 4 is 28.7 Å². The third-order valence-corrected chi connectivity index (χ3v) is 11.2. The van der Waals surface area contributed by atoms with Crippen molar-refractivity contribution in [1.82, 2.24) is 14.4 Å². The van der Waals surface area contributed by atoms with Gasteiger partial charge in [0.2, 0.25) is 5.91 Å². The zero-order valence-corrected chi connectivity index (χ0v) is 35.5. The first-order valence-electron chi connectivity index (χ1n) is 21.0. The number of hydrogen-bond acceptors (Lipinski definition) is 7. The van der Waals surface area contributed by atoms with Gasteiger partial charge in [0.05, 0.1) is 11.1 Å². The van der Waals surface area contributed by atoms with Crippen LogP contribution in [0.15, 0.2) is 95.8 Å². The van der Waals surface area contributed by atoms with Gasteiger partial charge in [-0.1, -0.05) is 61.0 Å². The zero-order chi connectivity index (χ0) is 46.7. The minimum atomic E-state index is -4.41. The third kappa shape index (κ3) is 13.0. The highest BCUT2D eigenvalue weighted by Gasteiger charge is 2.30. The molecule has 2 heterocycles. The average molecular weight is 894 g/mol. The molecular weight excluding hydrogens is 842 g/mol. The molecule has 342 valence electrons. The monoisotopic (exact) mass is 893 g/mol. The summed E-state index contributed by atoms with van der Waals surface area (Å²) in [5, 5.41) is 33.0. The van der Waals surface area contributed by atoms with Gasteiger partial charge in [0.15, 0.2) is 29.3 Å². The molecule has 1 aliphatic rings. The van der Waals surface area contributed by atoms with E-state index in [4.69, 9.17) is 20.4 Å². The highest BCUT2D eigenvalue weighted by Crippen LogP contribution is 2.31. The number of aliphatic hydroxyl groups excluding tert-OH is 2. The Hall–Kier alpha value is -5.97. The zero-order valence-electron chi connectivity index (χ0n) is 35.5. The number of nitrogens with zero attached hydrogens (tertiary/aromatic N) is 3. The van der Waals surface area contributed by atoms with E-state index in [0.717, 1.165) is 67.4 Å². The number of carboxylic acids is 2. The molecule has 4 aromatic carbocycles. The first kappa shape index (κ1) is 49.1. The molecule has 5 aromatic rings. The molecule has 0 saturated carbocycles. The topological polar surface area (TPSA) is 161 Å². The van der Waals surface area contributed by atoms with Crippen LogP contribution in [-0.4, -0.2) is 90.5 Å². The number of aliphatic carboxylic acids is 2. The Kier molecular flexibility index (Phi) is 16.9. The molecule has 0 radical (unpaired) electrons. The fourth-order valence-corrected chi connectivity index (χ4v) is 7.62. The van der Waals surface area contributed by atoms with Crippen molar-refractivity contribution in [3.05, 3.63) is 141 Å². The van der Waals surface area contributed by atoms with E-state index in [2.05, 4.69) is 4.90 Å². The van der Waals surface area contributed by atoms with Gasteiger partial charge in [-0.05, 0) is 130 Å². The Morgan fingerprint density at radius 2 is 1.34 bits per heavy atom. The van der Waals surface area contributed by atoms with Gasteiger partial charge in [-0.15, -0.1) is 0 Å². The molecule has 1 fully saturated rings. The largest absolute Gasteiger partial charge is 0.479 e. The van der Waals surface area contributed by atoms with Crippen LogP contribution < -0.4 is 5.43 Å². The van der Waals surface area contributed by atoms with Gasteiger partial charge in [-0.2, -0.15) is 13.2 Å². The maximum Gasteiger partial charge on any atom is 0.416 e. The number of rotatable bonds is 16. The van der Waals surface area contributed by atoms with Gasteiger partial charge < -0.3 is 34.8 Å². The molecule has 6 rings (SSSR count). The van der Waals surface area contributed by atoms with Crippen molar-refractivity contribution in [3.8, 4) is 11.1 Å². The number of alkyl halides is 3. The smallest absolute Gasteiger partial charge is 0.416 e. The van der Waals surface area contributed by atoms with Crippen molar-refractivity contribution < 1.29 is 56.8 Å². The summed E-state index contributed by atoms with van der Waals surface area (Å²) >= 11 is 0. The second kappa shape index (κ2) is 22.1. The molecule has 0 bridgehead atoms. The average Bonchev–Trinajstić information content (AvgIpc) is 3.27. The molecule has 16 heteroatoms. The number of carboxylic acid groups (broad SMARTS) is 2. The van der Waals surface area contributed by atoms with E-state index in [0.29, 0.717) is 22.2 Å². The van der Waals surface area contributed by atoms with Crippen LogP contribution in [0.4, 0.5) is 22.0 Å². The summed E-state index contributed by atoms with van der Waals surface area (Å²) < 4.78 is 69.8. The van der Waals surface area contributed by atoms with Gasteiger partial charge in [-0.25, -0.2) is 18.4 Å². The van der Waals surface area contributed by atoms with Crippen LogP contribution in [0.1, 0.15) is 67.5 Å². The van der Waals surface area contributed by atoms with Gasteiger partial charge in [0.1, 0.15) is 6.54 Å². The third-order valence-electron chi connectivity index (χ3n) is 11.2. The van der Waals surface area contributed by atoms with E-state index in [1.54, 1.807) is 4.90 Å². The number of piperidine rings is 1. The number of likely N-dealkylation sites (tertiary alicyclic amines) is 1. The molecule has 2 unspecified atom stereocenters. The van der Waals surface area contributed by atoms with Crippen molar-refractivity contribution in [2.24, 2.45) is 0 Å². The number of aliphatic hydroxyl groups is 2. The SMILES string of the molecule is CC(C)N(Cc1ccc(-c2ccc(C(F)(F)F)cc2)cc1)C(=O)Cn1c(CCc2cccc(F)c2F)cc(=O)c2ccc(CCCN3CCCCC3)cc21.O=C(O)C(O)C(O)C(=O)O. The fourth-order valence-electron chi connectivity index (χ4n) is 7.62. The van der Waals surface area contributed by atoms with Crippen molar-refractivity contribution in [3.63, 3.8) is 0 Å². The van der Waals surface area contributed by atoms with Gasteiger partial charge >= 0.3 is 18.1 Å². The number of pyridine rings is 1. The summed E-state index contributed by atoms with van der Waals surface area (Å²) in [5.41, 5.74) is 3.77. The number of aryl methyl sites for hydroxylation is 3. The van der Waals surface area contributed by atoms with Gasteiger partial charge in [0.25, 0.3) is 0 Å². The maximum atomic E-state index is 14.7. The molecular formula is C48H52F5N3O8. The minimum absolute atomic E-state index is 0.0726. The van der Waals surface area contributed by atoms with Gasteiger partial charge in [0, 0.05) is 29.7 Å². The fraction of sp³-hybridized carbons (Fsp3) is 0.375. The lowest BCUT2D eigenvalue weighted by Gasteiger charge is -2.29. The summed E-state index contributed by atoms with van der Waals surface area (Å²) in [4.78, 5) is 51.5. The van der Waals surface area contributed by atoms with Crippen molar-refractivity contribution in [2.75, 3.05) is 19.6 Å². The van der Waals surface area contributed by atoms with Crippen molar-refractivity contribution in [1.29, 1.82) is 0 Å². The first-order chi connectivity index (χ1) is 30.3. The molecule has 1 saturated heterocycles. The van der Waals surface area contributed by atoms with E-state index in [1.807, 2.05) is 60.9 Å². The lowest BCUT2D eigenvalue weighted by atomic mass is 10.0. The molecule has 1 aromatic heterocycles. The van der Waals surface area contributed by atoms with Crippen LogP contribution in [-0.2, 0) is 52.9 Å². The standard InChI is InChI=1S/C44H46F5N3O2.C4H6O6/c1-30(2)51(28-32-11-14-33(15-12-32)34-16-19-36(20-17-34)44(47,48)49)42(54)29-52-37(21-18-35-9-6-10-39(45)43(35)46)27-41(53)38-22-13-31(26-40(38)52)8-7-25-50-23-4-3-5-24-50;5-1(3(7)8)2(6)4(9)10/h6,9-17,19-20,22,26-27,30H,3-5,7-8,18,21,23-25,28-29H2,1-2H3;1-2,5-6H,(H,7,8)(H,9,10). The number of benzene rings is 4. The summed E-state index contributed by atoms with van der Waals surface area (Å²) in [5.74, 6) is -5.58. The van der Waals surface area contributed by atoms with Crippen LogP contribution in [0.2, 0.25) is 0 Å². The summed E-state index contributed by atoms with van der Waals surface area (Å²) in [6, 6.07) is 23.5. The minimum Gasteiger partial charge on any atom is -0.479 e. The second-order valence-electron chi connectivity index (χ2n) is 16.1. The molecule has 2 atom stereocenters. The number of amides is 1. The number of halogens is 5. The normalized spacial score (nSPS) is 14.2. The number of carbonyl (C=O) groups excluding carboxylic acids is 1. The van der Waals surface area contributed by atoms with E-state index in [-0.39, 0.29) is 48.9 Å². The van der Waals surface area contributed by atoms with Crippen LogP contribution in [0.25, 0.3) is 22.0 Å². The molecule has 1 aliphatic heterocycles. The molecule has 0 aliphatic carbocycles. The van der Waals surface area contributed by atoms with E-state index >= 15 is 0 Å². The molecule has 11 nitrogen and oxygen atoms in total. The van der Waals surface area contributed by atoms with Crippen LogP contribution in [0, 0.1) is 11.6 Å². The predicted octanol–water partition coefficient (Wildman–Crippen LogP) is 7.48. The summed E-state index contributed by atoms with van der Waals surface area (Å²) in [7, 11) is 0. The quantitative estimate of drug-likeness (QED) is 0.0737. The second-order valence-corrected chi connectivity index (χ2v) is 16.1. The summed E-state index contributed by atoms with van der Waals surface area (Å²) in [6.07, 6.45) is -3.10. The first-order valence-corrected chi connectivity index (χ1v) is 21.0. The Labute approximate surface area is 367 Å². The van der Waals surface area contributed by atoms with E-state index < -0.39 is 47.5 Å². The molecule has 0 spiro atoms. The van der Waals surface area contributed by atoms with E-state index in [1.165, 1.54) is 49.6 Å². The van der Waals surface area contributed by atoms with Gasteiger partial charge in [-0.3, -0.25) is 9.59 Å². The lowest BCUT2D eigenvalue weighted by Crippen LogP contribution is -2.39. The van der Waals surface area contributed by atoms with Crippen LogP contribution in [0.5, 0.6) is 0 Å². The Morgan fingerprint density at radius 1 is 0.750 bits per heavy atom. The summed E-state index contributed by atoms with van der Waals surface area (Å²) in [6.45, 7) is 7.29. The Balaban J connectivity index is 0.000000688. The molecule has 4 N–H and O–H groups in total. The predicted molar refractivity (Wildman–Crippen MR) is 230 cm³/mol. The molecule has 1 amide bonds. The molecule has 64 heavy (non-hydrogen) atoms. The lowest BCUT2D eigenvalue weighted by molar-refractivity contribution is -0.165. The number of aromatic nitrogens is 1.